The Morgan fingerprint density at radius 2 is 1.97 bits per heavy atom. The molecule has 0 aliphatic carbocycles. The number of aliphatic imine (C=N–C) groups is 1. The molecular formula is C22H19F5N5O2+. The van der Waals surface area contributed by atoms with Gasteiger partial charge in [-0.05, 0) is 13.0 Å². The maximum atomic E-state index is 14.1. The van der Waals surface area contributed by atoms with Crippen LogP contribution in [0.4, 0.5) is 27.6 Å². The fourth-order valence-electron chi connectivity index (χ4n) is 4.18. The summed E-state index contributed by atoms with van der Waals surface area (Å²) in [4.78, 5) is 3.90. The molecule has 0 amide bonds. The molecule has 0 spiro atoms. The first-order valence-corrected chi connectivity index (χ1v) is 10.5. The fraction of sp³-hybridized carbons (Fsp3) is 0.364. The van der Waals surface area contributed by atoms with Crippen molar-refractivity contribution in [3.05, 3.63) is 47.5 Å². The molecule has 0 bridgehead atoms. The van der Waals surface area contributed by atoms with Crippen LogP contribution in [0.1, 0.15) is 18.4 Å². The molecule has 2 atom stereocenters. The normalized spacial score (nSPS) is 23.4. The minimum atomic E-state index is -4.85. The van der Waals surface area contributed by atoms with E-state index in [1.807, 2.05) is 6.92 Å². The summed E-state index contributed by atoms with van der Waals surface area (Å²) in [6.07, 6.45) is -3.38. The Balaban J connectivity index is 1.61. The van der Waals surface area contributed by atoms with E-state index < -0.39 is 28.6 Å². The van der Waals surface area contributed by atoms with Gasteiger partial charge in [-0.3, -0.25) is 4.99 Å². The summed E-state index contributed by atoms with van der Waals surface area (Å²) < 4.78 is 80.6. The van der Waals surface area contributed by atoms with Crippen molar-refractivity contribution in [2.45, 2.75) is 25.2 Å². The number of halogens is 5. The average Bonchev–Trinajstić information content (AvgIpc) is 3.21. The van der Waals surface area contributed by atoms with Crippen LogP contribution in [0, 0.1) is 11.6 Å². The van der Waals surface area contributed by atoms with Crippen molar-refractivity contribution in [1.29, 1.82) is 0 Å². The minimum Gasteiger partial charge on any atom is -0.483 e. The van der Waals surface area contributed by atoms with Crippen LogP contribution in [0.15, 0.2) is 35.3 Å². The Labute approximate surface area is 190 Å². The van der Waals surface area contributed by atoms with Crippen LogP contribution < -0.4 is 4.74 Å². The zero-order valence-corrected chi connectivity index (χ0v) is 17.9. The number of alkyl halides is 3. The Morgan fingerprint density at radius 3 is 2.74 bits per heavy atom. The van der Waals surface area contributed by atoms with Crippen molar-refractivity contribution < 1.29 is 36.0 Å². The van der Waals surface area contributed by atoms with E-state index in [4.69, 9.17) is 9.47 Å². The quantitative estimate of drug-likeness (QED) is 0.317. The van der Waals surface area contributed by atoms with Gasteiger partial charge in [-0.2, -0.15) is 0 Å². The SMILES string of the molecule is C[C@@H]1C[N+](=C2COc3cc(F)ccc3C2C=Nc2cc(F)cc3nn(C(F)(F)F)nc23)CCO1. The summed E-state index contributed by atoms with van der Waals surface area (Å²) in [6.45, 7) is 3.83. The van der Waals surface area contributed by atoms with Gasteiger partial charge in [0.2, 0.25) is 5.71 Å². The third-order valence-electron chi connectivity index (χ3n) is 5.71. The summed E-state index contributed by atoms with van der Waals surface area (Å²) in [7, 11) is 0. The van der Waals surface area contributed by atoms with Crippen LogP contribution in [0.25, 0.3) is 11.0 Å². The molecule has 7 nitrogen and oxygen atoms in total. The van der Waals surface area contributed by atoms with Crippen LogP contribution in [-0.4, -0.2) is 63.9 Å². The van der Waals surface area contributed by atoms with Gasteiger partial charge in [0, 0.05) is 30.0 Å². The van der Waals surface area contributed by atoms with E-state index in [0.717, 1.165) is 17.8 Å². The van der Waals surface area contributed by atoms with Crippen molar-refractivity contribution in [2.24, 2.45) is 4.99 Å². The molecule has 2 aliphatic rings. The highest BCUT2D eigenvalue weighted by molar-refractivity contribution is 6.04. The molecule has 1 unspecified atom stereocenters. The summed E-state index contributed by atoms with van der Waals surface area (Å²) in [6, 6.07) is 6.00. The molecule has 5 rings (SSSR count). The summed E-state index contributed by atoms with van der Waals surface area (Å²) >= 11 is 0. The second-order valence-electron chi connectivity index (χ2n) is 8.10. The number of aromatic nitrogens is 3. The monoisotopic (exact) mass is 480 g/mol. The Morgan fingerprint density at radius 1 is 1.15 bits per heavy atom. The first-order valence-electron chi connectivity index (χ1n) is 10.5. The van der Waals surface area contributed by atoms with Gasteiger partial charge in [-0.25, -0.2) is 13.4 Å². The molecule has 34 heavy (non-hydrogen) atoms. The molecule has 3 aromatic rings. The molecule has 178 valence electrons. The summed E-state index contributed by atoms with van der Waals surface area (Å²) in [5.74, 6) is -1.40. The molecule has 1 saturated heterocycles. The van der Waals surface area contributed by atoms with E-state index in [-0.39, 0.29) is 29.4 Å². The standard InChI is InChI=1S/C22H19F5N5O2/c1-12-10-31(4-5-33-12)19-11-34-20-8-13(23)2-3-15(20)16(19)9-28-17-6-14(24)7-18-21(17)30-32(29-18)22(25,26)27/h2-3,6-9,12,16H,4-5,10-11H2,1H3/q+1/t12-,16?/m1/s1. The highest BCUT2D eigenvalue weighted by atomic mass is 19.4. The van der Waals surface area contributed by atoms with Crippen LogP contribution >= 0.6 is 0 Å². The van der Waals surface area contributed by atoms with Gasteiger partial charge in [-0.15, -0.1) is 23.4 Å². The summed E-state index contributed by atoms with van der Waals surface area (Å²) in [5.41, 5.74) is 0.908. The lowest BCUT2D eigenvalue weighted by Gasteiger charge is -2.27. The van der Waals surface area contributed by atoms with E-state index >= 15 is 0 Å². The van der Waals surface area contributed by atoms with Crippen LogP contribution in [-0.2, 0) is 11.0 Å². The third-order valence-corrected chi connectivity index (χ3v) is 5.71. The minimum absolute atomic E-state index is 0.0197. The Kier molecular flexibility index (Phi) is 5.54. The number of fused-ring (bicyclic) bond motifs is 2. The van der Waals surface area contributed by atoms with Crippen LogP contribution in [0.5, 0.6) is 5.75 Å². The maximum Gasteiger partial charge on any atom is 0.521 e. The molecule has 2 aromatic carbocycles. The van der Waals surface area contributed by atoms with Crippen molar-refractivity contribution in [2.75, 3.05) is 26.3 Å². The van der Waals surface area contributed by atoms with Gasteiger partial charge < -0.3 is 9.47 Å². The van der Waals surface area contributed by atoms with Gasteiger partial charge >= 0.3 is 6.30 Å². The van der Waals surface area contributed by atoms with E-state index in [9.17, 15) is 22.0 Å². The van der Waals surface area contributed by atoms with Crippen molar-refractivity contribution in [1.82, 2.24) is 15.0 Å². The molecule has 0 radical (unpaired) electrons. The van der Waals surface area contributed by atoms with Crippen molar-refractivity contribution >= 4 is 28.6 Å². The third kappa shape index (κ3) is 4.25. The molecule has 1 aromatic heterocycles. The fourth-order valence-corrected chi connectivity index (χ4v) is 4.18. The maximum absolute atomic E-state index is 14.1. The molecule has 1 fully saturated rings. The molecular weight excluding hydrogens is 461 g/mol. The molecule has 0 N–H and O–H groups in total. The number of nitrogens with zero attached hydrogens (tertiary/aromatic N) is 5. The molecule has 12 heteroatoms. The lowest BCUT2D eigenvalue weighted by molar-refractivity contribution is -0.560. The smallest absolute Gasteiger partial charge is 0.483 e. The van der Waals surface area contributed by atoms with Crippen LogP contribution in [0.2, 0.25) is 0 Å². The Bertz CT molecular complexity index is 1320. The first-order chi connectivity index (χ1) is 16.2. The van der Waals surface area contributed by atoms with E-state index in [1.165, 1.54) is 18.3 Å². The zero-order valence-electron chi connectivity index (χ0n) is 17.9. The van der Waals surface area contributed by atoms with Gasteiger partial charge in [0.25, 0.3) is 0 Å². The number of hydrogen-bond donors (Lipinski definition) is 0. The number of morpholine rings is 1. The highest BCUT2D eigenvalue weighted by Crippen LogP contribution is 2.34. The van der Waals surface area contributed by atoms with Crippen LogP contribution in [0.3, 0.4) is 0 Å². The van der Waals surface area contributed by atoms with E-state index in [2.05, 4.69) is 19.8 Å². The van der Waals surface area contributed by atoms with E-state index in [1.54, 1.807) is 6.07 Å². The van der Waals surface area contributed by atoms with Gasteiger partial charge in [0.05, 0.1) is 5.69 Å². The number of benzene rings is 2. The topological polar surface area (TPSA) is 64.5 Å². The van der Waals surface area contributed by atoms with Crippen molar-refractivity contribution in [3.63, 3.8) is 0 Å². The predicted molar refractivity (Wildman–Crippen MR) is 112 cm³/mol. The van der Waals surface area contributed by atoms with Gasteiger partial charge in [0.15, 0.2) is 19.7 Å². The zero-order chi connectivity index (χ0) is 24.0. The number of hydrogen-bond acceptors (Lipinski definition) is 5. The number of rotatable bonds is 2. The lowest BCUT2D eigenvalue weighted by Crippen LogP contribution is -2.43. The average molecular weight is 480 g/mol. The molecule has 3 heterocycles. The van der Waals surface area contributed by atoms with Gasteiger partial charge in [-0.1, -0.05) is 10.9 Å². The summed E-state index contributed by atoms with van der Waals surface area (Å²) in [5, 5.41) is 6.78. The first kappa shape index (κ1) is 22.4. The largest absolute Gasteiger partial charge is 0.521 e. The molecule has 2 aliphatic heterocycles. The second-order valence-corrected chi connectivity index (χ2v) is 8.10. The van der Waals surface area contributed by atoms with E-state index in [0.29, 0.717) is 31.0 Å². The van der Waals surface area contributed by atoms with Gasteiger partial charge in [0.1, 0.15) is 47.0 Å². The van der Waals surface area contributed by atoms with Crippen molar-refractivity contribution in [3.8, 4) is 5.75 Å². The number of ether oxygens (including phenoxy) is 2. The Hall–Kier alpha value is -3.41. The second kappa shape index (κ2) is 8.42. The molecule has 0 saturated carbocycles. The predicted octanol–water partition coefficient (Wildman–Crippen LogP) is 3.94. The highest BCUT2D eigenvalue weighted by Gasteiger charge is 2.36. The lowest BCUT2D eigenvalue weighted by atomic mass is 9.91.